The van der Waals surface area contributed by atoms with Crippen molar-refractivity contribution in [2.45, 2.75) is 0 Å². The Labute approximate surface area is 98.0 Å². The second kappa shape index (κ2) is 4.69. The van der Waals surface area contributed by atoms with Gasteiger partial charge in [0.2, 0.25) is 11.7 Å². The van der Waals surface area contributed by atoms with Crippen molar-refractivity contribution >= 4 is 5.97 Å². The lowest BCUT2D eigenvalue weighted by molar-refractivity contribution is 0.0566. The van der Waals surface area contributed by atoms with Crippen LogP contribution in [0.25, 0.3) is 11.5 Å². The minimum Gasteiger partial charge on any atom is -0.497 e. The van der Waals surface area contributed by atoms with Gasteiger partial charge >= 0.3 is 5.97 Å². The van der Waals surface area contributed by atoms with Crippen LogP contribution >= 0.6 is 0 Å². The van der Waals surface area contributed by atoms with Crippen LogP contribution < -0.4 is 4.74 Å². The number of hydrogen-bond donors (Lipinski definition) is 0. The van der Waals surface area contributed by atoms with E-state index in [1.165, 1.54) is 13.3 Å². The molecule has 5 heteroatoms. The van der Waals surface area contributed by atoms with E-state index in [1.54, 1.807) is 31.4 Å². The Balaban J connectivity index is 2.27. The molecular weight excluding hydrogens is 222 g/mol. The first-order valence-corrected chi connectivity index (χ1v) is 4.93. The maximum absolute atomic E-state index is 11.2. The van der Waals surface area contributed by atoms with Crippen molar-refractivity contribution in [3.63, 3.8) is 0 Å². The molecule has 1 aromatic carbocycles. The summed E-state index contributed by atoms with van der Waals surface area (Å²) in [6.45, 7) is 0. The molecule has 0 saturated heterocycles. The van der Waals surface area contributed by atoms with E-state index in [0.717, 1.165) is 11.3 Å². The highest BCUT2D eigenvalue weighted by atomic mass is 16.5. The average Bonchev–Trinajstić information content (AvgIpc) is 2.87. The number of rotatable bonds is 3. The SMILES string of the molecule is COC(=O)c1cnc(-c2ccc(OC)cc2)o1. The normalized spacial score (nSPS) is 10.0. The predicted molar refractivity (Wildman–Crippen MR) is 59.8 cm³/mol. The molecule has 88 valence electrons. The van der Waals surface area contributed by atoms with Crippen molar-refractivity contribution in [3.8, 4) is 17.2 Å². The molecule has 0 aliphatic heterocycles. The zero-order valence-electron chi connectivity index (χ0n) is 9.47. The molecule has 0 aliphatic rings. The van der Waals surface area contributed by atoms with Crippen molar-refractivity contribution in [2.24, 2.45) is 0 Å². The monoisotopic (exact) mass is 233 g/mol. The summed E-state index contributed by atoms with van der Waals surface area (Å²) in [7, 11) is 2.88. The van der Waals surface area contributed by atoms with Crippen molar-refractivity contribution in [1.29, 1.82) is 0 Å². The van der Waals surface area contributed by atoms with Gasteiger partial charge in [-0.2, -0.15) is 0 Å². The number of carbonyl (C=O) groups excluding carboxylic acids is 1. The molecule has 0 N–H and O–H groups in total. The van der Waals surface area contributed by atoms with E-state index in [9.17, 15) is 4.79 Å². The fourth-order valence-electron chi connectivity index (χ4n) is 1.34. The van der Waals surface area contributed by atoms with Crippen LogP contribution in [0, 0.1) is 0 Å². The Morgan fingerprint density at radius 2 is 1.94 bits per heavy atom. The number of methoxy groups -OCH3 is 2. The average molecular weight is 233 g/mol. The molecule has 5 nitrogen and oxygen atoms in total. The minimum atomic E-state index is -0.544. The first-order chi connectivity index (χ1) is 8.24. The zero-order valence-corrected chi connectivity index (χ0v) is 9.47. The van der Waals surface area contributed by atoms with E-state index in [-0.39, 0.29) is 5.76 Å². The molecule has 2 aromatic rings. The summed E-state index contributed by atoms with van der Waals surface area (Å²) < 4.78 is 14.8. The number of aromatic nitrogens is 1. The second-order valence-corrected chi connectivity index (χ2v) is 3.25. The third-order valence-corrected chi connectivity index (χ3v) is 2.23. The van der Waals surface area contributed by atoms with Crippen LogP contribution in [0.1, 0.15) is 10.6 Å². The lowest BCUT2D eigenvalue weighted by Crippen LogP contribution is -1.98. The molecule has 0 unspecified atom stereocenters. The van der Waals surface area contributed by atoms with Crippen LogP contribution in [-0.4, -0.2) is 25.2 Å². The van der Waals surface area contributed by atoms with E-state index in [2.05, 4.69) is 9.72 Å². The lowest BCUT2D eigenvalue weighted by Gasteiger charge is -1.99. The van der Waals surface area contributed by atoms with Gasteiger partial charge in [-0.15, -0.1) is 0 Å². The molecule has 0 aliphatic carbocycles. The van der Waals surface area contributed by atoms with E-state index >= 15 is 0 Å². The van der Waals surface area contributed by atoms with Gasteiger partial charge in [0.25, 0.3) is 0 Å². The Hall–Kier alpha value is -2.30. The number of carbonyl (C=O) groups is 1. The van der Waals surface area contributed by atoms with E-state index in [4.69, 9.17) is 9.15 Å². The standard InChI is InChI=1S/C12H11NO4/c1-15-9-5-3-8(4-6-9)11-13-7-10(17-11)12(14)16-2/h3-7H,1-2H3. The molecule has 0 saturated carbocycles. The Morgan fingerprint density at radius 1 is 1.24 bits per heavy atom. The summed E-state index contributed by atoms with van der Waals surface area (Å²) in [6.07, 6.45) is 1.34. The maximum Gasteiger partial charge on any atom is 0.375 e. The van der Waals surface area contributed by atoms with Gasteiger partial charge in [0.15, 0.2) is 0 Å². The minimum absolute atomic E-state index is 0.0818. The van der Waals surface area contributed by atoms with Gasteiger partial charge < -0.3 is 13.9 Å². The van der Waals surface area contributed by atoms with Gasteiger partial charge in [0.1, 0.15) is 5.75 Å². The van der Waals surface area contributed by atoms with E-state index in [1.807, 2.05) is 0 Å². The summed E-state index contributed by atoms with van der Waals surface area (Å²) in [6, 6.07) is 7.17. The predicted octanol–water partition coefficient (Wildman–Crippen LogP) is 2.14. The Kier molecular flexibility index (Phi) is 3.09. The van der Waals surface area contributed by atoms with Crippen LogP contribution in [0.5, 0.6) is 5.75 Å². The molecule has 0 amide bonds. The molecule has 0 bridgehead atoms. The van der Waals surface area contributed by atoms with Crippen LogP contribution in [0.15, 0.2) is 34.9 Å². The van der Waals surface area contributed by atoms with E-state index < -0.39 is 5.97 Å². The number of hydrogen-bond acceptors (Lipinski definition) is 5. The number of oxazole rings is 1. The zero-order chi connectivity index (χ0) is 12.3. The number of esters is 1. The van der Waals surface area contributed by atoms with E-state index in [0.29, 0.717) is 5.89 Å². The van der Waals surface area contributed by atoms with Crippen molar-refractivity contribution in [1.82, 2.24) is 4.98 Å². The van der Waals surface area contributed by atoms with Crippen molar-refractivity contribution < 1.29 is 18.7 Å². The van der Waals surface area contributed by atoms with Gasteiger partial charge in [-0.25, -0.2) is 9.78 Å². The summed E-state index contributed by atoms with van der Waals surface area (Å²) in [5.41, 5.74) is 0.765. The summed E-state index contributed by atoms with van der Waals surface area (Å²) in [5.74, 6) is 0.650. The quantitative estimate of drug-likeness (QED) is 0.760. The molecular formula is C12H11NO4. The van der Waals surface area contributed by atoms with Gasteiger partial charge in [-0.05, 0) is 24.3 Å². The molecule has 0 spiro atoms. The van der Waals surface area contributed by atoms with Crippen LogP contribution in [0.4, 0.5) is 0 Å². The van der Waals surface area contributed by atoms with Gasteiger partial charge in [-0.3, -0.25) is 0 Å². The van der Waals surface area contributed by atoms with Crippen LogP contribution in [-0.2, 0) is 4.74 Å². The molecule has 1 aromatic heterocycles. The first kappa shape index (κ1) is 11.2. The molecule has 17 heavy (non-hydrogen) atoms. The summed E-state index contributed by atoms with van der Waals surface area (Å²) >= 11 is 0. The summed E-state index contributed by atoms with van der Waals surface area (Å²) in [5, 5.41) is 0. The topological polar surface area (TPSA) is 61.6 Å². The molecule has 0 atom stereocenters. The highest BCUT2D eigenvalue weighted by Crippen LogP contribution is 2.22. The maximum atomic E-state index is 11.2. The highest BCUT2D eigenvalue weighted by molar-refractivity contribution is 5.86. The Bertz CT molecular complexity index is 516. The van der Waals surface area contributed by atoms with Gasteiger partial charge in [-0.1, -0.05) is 0 Å². The fourth-order valence-corrected chi connectivity index (χ4v) is 1.34. The Morgan fingerprint density at radius 3 is 2.53 bits per heavy atom. The lowest BCUT2D eigenvalue weighted by atomic mass is 10.2. The van der Waals surface area contributed by atoms with Gasteiger partial charge in [0.05, 0.1) is 20.4 Å². The molecule has 2 rings (SSSR count). The second-order valence-electron chi connectivity index (χ2n) is 3.25. The van der Waals surface area contributed by atoms with Crippen molar-refractivity contribution in [2.75, 3.05) is 14.2 Å². The number of nitrogens with zero attached hydrogens (tertiary/aromatic N) is 1. The highest BCUT2D eigenvalue weighted by Gasteiger charge is 2.13. The number of ether oxygens (including phenoxy) is 2. The van der Waals surface area contributed by atoms with Gasteiger partial charge in [0, 0.05) is 5.56 Å². The fraction of sp³-hybridized carbons (Fsp3) is 0.167. The third kappa shape index (κ3) is 2.28. The molecule has 1 heterocycles. The summed E-state index contributed by atoms with van der Waals surface area (Å²) in [4.78, 5) is 15.2. The van der Waals surface area contributed by atoms with Crippen molar-refractivity contribution in [3.05, 3.63) is 36.2 Å². The molecule has 0 fully saturated rings. The first-order valence-electron chi connectivity index (χ1n) is 4.93. The molecule has 0 radical (unpaired) electrons. The smallest absolute Gasteiger partial charge is 0.375 e. The van der Waals surface area contributed by atoms with Crippen LogP contribution in [0.3, 0.4) is 0 Å². The largest absolute Gasteiger partial charge is 0.497 e. The van der Waals surface area contributed by atoms with Crippen LogP contribution in [0.2, 0.25) is 0 Å². The number of benzene rings is 1. The third-order valence-electron chi connectivity index (χ3n) is 2.23.